The second-order valence-corrected chi connectivity index (χ2v) is 14.2. The number of hydrogen-bond donors (Lipinski definition) is 2. The van der Waals surface area contributed by atoms with Gasteiger partial charge in [-0.2, -0.15) is 0 Å². The van der Waals surface area contributed by atoms with Gasteiger partial charge in [-0.25, -0.2) is 13.1 Å². The summed E-state index contributed by atoms with van der Waals surface area (Å²) in [4.78, 5) is 24.7. The second-order valence-electron chi connectivity index (χ2n) is 11.3. The summed E-state index contributed by atoms with van der Waals surface area (Å²) in [5.41, 5.74) is 2.54. The molecule has 8 nitrogen and oxygen atoms in total. The first-order valence-electron chi connectivity index (χ1n) is 13.5. The van der Waals surface area contributed by atoms with Crippen molar-refractivity contribution in [1.82, 2.24) is 4.72 Å². The number of nitrogens with one attached hydrogen (secondary N) is 2. The van der Waals surface area contributed by atoms with Gasteiger partial charge in [0.25, 0.3) is 21.6 Å². The van der Waals surface area contributed by atoms with E-state index in [1.165, 1.54) is 24.1 Å². The molecule has 2 aliphatic rings. The molecule has 1 fully saturated rings. The molecule has 0 spiro atoms. The fraction of sp³-hybridized carbons (Fsp3) is 0.323. The molecule has 2 atom stereocenters. The van der Waals surface area contributed by atoms with Crippen LogP contribution in [0.25, 0.3) is 5.57 Å². The number of rotatable bonds is 10. The molecule has 0 radical (unpaired) electrons. The molecule has 0 aliphatic heterocycles. The number of hydrogen-bond acceptors (Lipinski definition) is 7. The number of carbonyl (C=O) groups is 1. The van der Waals surface area contributed by atoms with Gasteiger partial charge in [0.1, 0.15) is 5.69 Å². The van der Waals surface area contributed by atoms with Crippen LogP contribution in [0.5, 0.6) is 0 Å². The highest BCUT2D eigenvalue weighted by atomic mass is 32.2. The van der Waals surface area contributed by atoms with Gasteiger partial charge in [0.15, 0.2) is 0 Å². The second kappa shape index (κ2) is 11.0. The Kier molecular flexibility index (Phi) is 7.74. The summed E-state index contributed by atoms with van der Waals surface area (Å²) in [7, 11) is -4.35. The van der Waals surface area contributed by atoms with E-state index in [0.717, 1.165) is 22.9 Å². The quantitative estimate of drug-likeness (QED) is 0.116. The number of carbonyl (C=O) groups excluding carboxylic acids is 1. The molecule has 5 rings (SSSR count). The molecule has 2 aliphatic carbocycles. The maximum atomic E-state index is 13.0. The first kappa shape index (κ1) is 28.9. The Balaban J connectivity index is 1.25. The highest BCUT2D eigenvalue weighted by molar-refractivity contribution is 7.99. The lowest BCUT2D eigenvalue weighted by Crippen LogP contribution is -2.31. The number of nitro benzene ring substituents is 1. The van der Waals surface area contributed by atoms with Crippen LogP contribution >= 0.6 is 11.8 Å². The monoisotopic (exact) mass is 591 g/mol. The lowest BCUT2D eigenvalue weighted by atomic mass is 9.66. The Morgan fingerprint density at radius 1 is 1.05 bits per heavy atom. The van der Waals surface area contributed by atoms with E-state index in [9.17, 15) is 23.3 Å². The van der Waals surface area contributed by atoms with E-state index in [1.807, 2.05) is 42.5 Å². The maximum absolute atomic E-state index is 13.0. The summed E-state index contributed by atoms with van der Waals surface area (Å²) in [6, 6.07) is 20.3. The van der Waals surface area contributed by atoms with E-state index < -0.39 is 20.9 Å². The first-order valence-corrected chi connectivity index (χ1v) is 16.0. The Bertz CT molecular complexity index is 1620. The van der Waals surface area contributed by atoms with Crippen LogP contribution in [0.1, 0.15) is 49.5 Å². The van der Waals surface area contributed by atoms with Crippen molar-refractivity contribution < 1.29 is 18.1 Å². The highest BCUT2D eigenvalue weighted by Gasteiger charge is 2.57. The fourth-order valence-electron chi connectivity index (χ4n) is 6.00. The molecule has 1 saturated carbocycles. The number of nitrogens with zero attached hydrogens (tertiary/aromatic N) is 1. The predicted molar refractivity (Wildman–Crippen MR) is 162 cm³/mol. The van der Waals surface area contributed by atoms with Gasteiger partial charge in [0.05, 0.1) is 9.82 Å². The first-order chi connectivity index (χ1) is 19.4. The molecule has 3 aromatic carbocycles. The smallest absolute Gasteiger partial charge is 0.293 e. The summed E-state index contributed by atoms with van der Waals surface area (Å²) < 4.78 is 28.1. The summed E-state index contributed by atoms with van der Waals surface area (Å²) >= 11 is 1.60. The molecule has 2 N–H and O–H groups in total. The minimum Gasteiger partial charge on any atom is -0.379 e. The fourth-order valence-corrected chi connectivity index (χ4v) is 7.78. The van der Waals surface area contributed by atoms with Gasteiger partial charge in [-0.3, -0.25) is 14.9 Å². The van der Waals surface area contributed by atoms with Crippen LogP contribution in [0.15, 0.2) is 88.7 Å². The summed E-state index contributed by atoms with van der Waals surface area (Å²) in [5, 5.41) is 14.7. The van der Waals surface area contributed by atoms with Crippen LogP contribution in [-0.2, 0) is 10.0 Å². The summed E-state index contributed by atoms with van der Waals surface area (Å²) in [5.74, 6) is 0.382. The van der Waals surface area contributed by atoms with Crippen molar-refractivity contribution in [2.24, 2.45) is 16.7 Å². The predicted octanol–water partition coefficient (Wildman–Crippen LogP) is 6.76. The zero-order chi connectivity index (χ0) is 29.4. The topological polar surface area (TPSA) is 118 Å². The van der Waals surface area contributed by atoms with Crippen LogP contribution in [0.4, 0.5) is 11.4 Å². The molecular weight excluding hydrogens is 558 g/mol. The lowest BCUT2D eigenvalue weighted by Gasteiger charge is -2.37. The van der Waals surface area contributed by atoms with Gasteiger partial charge in [0, 0.05) is 28.8 Å². The minimum atomic E-state index is -4.35. The molecule has 41 heavy (non-hydrogen) atoms. The number of thioether (sulfide) groups is 1. The van der Waals surface area contributed by atoms with Crippen LogP contribution in [0.3, 0.4) is 0 Å². The zero-order valence-electron chi connectivity index (χ0n) is 23.2. The third-order valence-electron chi connectivity index (χ3n) is 8.86. The van der Waals surface area contributed by atoms with Gasteiger partial charge in [-0.15, -0.1) is 11.8 Å². The number of allylic oxidation sites excluding steroid dienone is 2. The summed E-state index contributed by atoms with van der Waals surface area (Å²) in [6.07, 6.45) is 4.63. The normalized spacial score (nSPS) is 20.9. The molecule has 0 aromatic heterocycles. The largest absolute Gasteiger partial charge is 0.379 e. The molecule has 2 bridgehead atoms. The number of nitro groups is 1. The van der Waals surface area contributed by atoms with Crippen LogP contribution in [0.2, 0.25) is 0 Å². The van der Waals surface area contributed by atoms with Crippen LogP contribution in [-0.4, -0.2) is 31.5 Å². The van der Waals surface area contributed by atoms with Crippen molar-refractivity contribution in [2.75, 3.05) is 17.6 Å². The molecule has 3 aromatic rings. The standard InChI is InChI=1S/C31H33N3O5S2/c1-30(2)23-15-16-31(30,3)26(19-23)21-9-11-22(12-10-21)29(35)33-41(38,39)25-13-14-27(28(20-25)34(36)37)32-17-18-40-24-7-5-4-6-8-24/h4-14,19-20,23,32H,15-18H2,1-3H3,(H,33,35)/t23-,31-/m1/s1. The van der Waals surface area contributed by atoms with Gasteiger partial charge < -0.3 is 5.32 Å². The Morgan fingerprint density at radius 3 is 2.37 bits per heavy atom. The lowest BCUT2D eigenvalue weighted by molar-refractivity contribution is -0.384. The van der Waals surface area contributed by atoms with Crippen molar-refractivity contribution in [2.45, 2.75) is 43.4 Å². The Hall–Kier alpha value is -3.63. The zero-order valence-corrected chi connectivity index (χ0v) is 24.8. The number of benzene rings is 3. The van der Waals surface area contributed by atoms with Crippen LogP contribution < -0.4 is 10.0 Å². The van der Waals surface area contributed by atoms with Gasteiger partial charge >= 0.3 is 0 Å². The number of anilines is 1. The minimum absolute atomic E-state index is 0.0568. The molecule has 0 saturated heterocycles. The highest BCUT2D eigenvalue weighted by Crippen LogP contribution is 2.67. The van der Waals surface area contributed by atoms with E-state index in [1.54, 1.807) is 23.9 Å². The van der Waals surface area contributed by atoms with Gasteiger partial charge in [0.2, 0.25) is 0 Å². The average Bonchev–Trinajstić information content (AvgIpc) is 3.29. The van der Waals surface area contributed by atoms with Crippen molar-refractivity contribution in [3.63, 3.8) is 0 Å². The van der Waals surface area contributed by atoms with Gasteiger partial charge in [-0.1, -0.05) is 57.2 Å². The maximum Gasteiger partial charge on any atom is 0.293 e. The van der Waals surface area contributed by atoms with Gasteiger partial charge in [-0.05, 0) is 77.1 Å². The number of sulfonamides is 1. The van der Waals surface area contributed by atoms with E-state index in [2.05, 4.69) is 36.9 Å². The van der Waals surface area contributed by atoms with E-state index >= 15 is 0 Å². The molecule has 10 heteroatoms. The Labute approximate surface area is 244 Å². The van der Waals surface area contributed by atoms with E-state index in [-0.39, 0.29) is 32.7 Å². The molecular formula is C31H33N3O5S2. The Morgan fingerprint density at radius 2 is 1.76 bits per heavy atom. The third-order valence-corrected chi connectivity index (χ3v) is 11.2. The van der Waals surface area contributed by atoms with Crippen LogP contribution in [0, 0.1) is 26.9 Å². The van der Waals surface area contributed by atoms with Crippen molar-refractivity contribution in [3.05, 3.63) is 100 Å². The molecule has 0 unspecified atom stereocenters. The SMILES string of the molecule is CC1(C)[C@H]2C=C(c3ccc(C(=O)NS(=O)(=O)c4ccc(NCCSc5ccccc5)c([N+](=O)[O-])c4)cc3)[C@@]1(C)CC2. The molecule has 1 amide bonds. The summed E-state index contributed by atoms with van der Waals surface area (Å²) in [6.45, 7) is 7.34. The average molecular weight is 592 g/mol. The van der Waals surface area contributed by atoms with Crippen molar-refractivity contribution in [1.29, 1.82) is 0 Å². The number of amides is 1. The molecule has 214 valence electrons. The molecule has 0 heterocycles. The third kappa shape index (κ3) is 5.50. The number of fused-ring (bicyclic) bond motifs is 2. The van der Waals surface area contributed by atoms with E-state index in [0.29, 0.717) is 18.2 Å². The van der Waals surface area contributed by atoms with Crippen molar-refractivity contribution >= 4 is 44.6 Å². The van der Waals surface area contributed by atoms with Crippen molar-refractivity contribution in [3.8, 4) is 0 Å². The van der Waals surface area contributed by atoms with E-state index in [4.69, 9.17) is 0 Å².